The minimum atomic E-state index is 1.13. The summed E-state index contributed by atoms with van der Waals surface area (Å²) in [6.45, 7) is 6.62. The predicted octanol–water partition coefficient (Wildman–Crippen LogP) is 5.20. The zero-order valence-corrected chi connectivity index (χ0v) is 10.7. The molecule has 0 aromatic heterocycles. The van der Waals surface area contributed by atoms with Crippen molar-refractivity contribution >= 4 is 15.9 Å². The van der Waals surface area contributed by atoms with Crippen molar-refractivity contribution in [3.63, 3.8) is 0 Å². The van der Waals surface area contributed by atoms with E-state index in [1.54, 1.807) is 0 Å². The van der Waals surface area contributed by atoms with Crippen molar-refractivity contribution in [1.82, 2.24) is 0 Å². The first kappa shape index (κ1) is 13.0. The van der Waals surface area contributed by atoms with E-state index in [0.717, 1.165) is 12.8 Å². The quantitative estimate of drug-likeness (QED) is 0.564. The van der Waals surface area contributed by atoms with E-state index in [9.17, 15) is 0 Å². The molecule has 0 aliphatic rings. The highest BCUT2D eigenvalue weighted by Gasteiger charge is 1.93. The van der Waals surface area contributed by atoms with Gasteiger partial charge in [0.15, 0.2) is 0 Å². The number of halogens is 1. The van der Waals surface area contributed by atoms with Gasteiger partial charge in [-0.3, -0.25) is 0 Å². The van der Waals surface area contributed by atoms with E-state index in [4.69, 9.17) is 0 Å². The van der Waals surface area contributed by atoms with Gasteiger partial charge in [0.2, 0.25) is 0 Å². The summed E-state index contributed by atoms with van der Waals surface area (Å²) in [5.41, 5.74) is 1.45. The smallest absolute Gasteiger partial charge is 0.00467 e. The van der Waals surface area contributed by atoms with Gasteiger partial charge in [0.05, 0.1) is 0 Å². The molecule has 0 saturated heterocycles. The lowest BCUT2D eigenvalue weighted by atomic mass is 10.1. The van der Waals surface area contributed by atoms with Gasteiger partial charge in [-0.1, -0.05) is 54.8 Å². The van der Waals surface area contributed by atoms with E-state index in [2.05, 4.69) is 48.9 Å². The van der Waals surface area contributed by atoms with Crippen LogP contribution in [0.1, 0.15) is 52.9 Å². The van der Waals surface area contributed by atoms with Crippen LogP contribution in [-0.4, -0.2) is 0 Å². The van der Waals surface area contributed by atoms with E-state index in [1.807, 2.05) is 0 Å². The molecule has 0 amide bonds. The molecule has 0 heterocycles. The lowest BCUT2D eigenvalue weighted by Crippen LogP contribution is -1.79. The van der Waals surface area contributed by atoms with Crippen LogP contribution in [0.5, 0.6) is 0 Å². The molecule has 0 aliphatic heterocycles. The molecular formula is C12H21Br. The summed E-state index contributed by atoms with van der Waals surface area (Å²) in [5, 5.41) is 0. The SMILES string of the molecule is CC/C=C(\C=C(/Br)CCCC)CC. The standard InChI is InChI=1S/C12H21Br/c1-4-7-9-12(13)10-11(6-3)8-5-2/h8,10H,4-7,9H2,1-3H3/b11-8-,12-10-. The van der Waals surface area contributed by atoms with Crippen molar-refractivity contribution in [3.05, 3.63) is 22.2 Å². The van der Waals surface area contributed by atoms with Crippen LogP contribution in [0, 0.1) is 0 Å². The van der Waals surface area contributed by atoms with Gasteiger partial charge in [0.1, 0.15) is 0 Å². The highest BCUT2D eigenvalue weighted by Crippen LogP contribution is 2.18. The number of unbranched alkanes of at least 4 members (excludes halogenated alkanes) is 1. The van der Waals surface area contributed by atoms with Crippen molar-refractivity contribution in [2.45, 2.75) is 52.9 Å². The molecule has 13 heavy (non-hydrogen) atoms. The fraction of sp³-hybridized carbons (Fsp3) is 0.667. The van der Waals surface area contributed by atoms with E-state index >= 15 is 0 Å². The molecule has 0 aliphatic carbocycles. The Morgan fingerprint density at radius 1 is 1.23 bits per heavy atom. The first-order chi connectivity index (χ1) is 6.24. The van der Waals surface area contributed by atoms with Crippen molar-refractivity contribution in [1.29, 1.82) is 0 Å². The van der Waals surface area contributed by atoms with E-state index in [-0.39, 0.29) is 0 Å². The monoisotopic (exact) mass is 244 g/mol. The number of allylic oxidation sites excluding steroid dienone is 4. The Morgan fingerprint density at radius 2 is 1.92 bits per heavy atom. The second kappa shape index (κ2) is 8.55. The van der Waals surface area contributed by atoms with Crippen molar-refractivity contribution < 1.29 is 0 Å². The Bertz CT molecular complexity index is 178. The first-order valence-corrected chi connectivity index (χ1v) is 6.08. The Kier molecular flexibility index (Phi) is 8.53. The molecule has 0 unspecified atom stereocenters. The second-order valence-corrected chi connectivity index (χ2v) is 4.25. The zero-order chi connectivity index (χ0) is 10.1. The topological polar surface area (TPSA) is 0 Å². The van der Waals surface area contributed by atoms with Crippen LogP contribution in [0.25, 0.3) is 0 Å². The van der Waals surface area contributed by atoms with Crippen LogP contribution >= 0.6 is 15.9 Å². The minimum Gasteiger partial charge on any atom is -0.0816 e. The molecule has 0 saturated carbocycles. The molecule has 0 bridgehead atoms. The van der Waals surface area contributed by atoms with E-state index in [1.165, 1.54) is 29.3 Å². The maximum Gasteiger partial charge on any atom is -0.00467 e. The summed E-state index contributed by atoms with van der Waals surface area (Å²) in [5.74, 6) is 0. The molecule has 0 aromatic rings. The molecule has 0 radical (unpaired) electrons. The molecular weight excluding hydrogens is 224 g/mol. The zero-order valence-electron chi connectivity index (χ0n) is 9.07. The Balaban J connectivity index is 4.08. The fourth-order valence-corrected chi connectivity index (χ4v) is 1.76. The summed E-state index contributed by atoms with van der Waals surface area (Å²) in [4.78, 5) is 0. The van der Waals surface area contributed by atoms with E-state index in [0.29, 0.717) is 0 Å². The van der Waals surface area contributed by atoms with Crippen LogP contribution in [0.3, 0.4) is 0 Å². The van der Waals surface area contributed by atoms with Crippen molar-refractivity contribution in [2.75, 3.05) is 0 Å². The van der Waals surface area contributed by atoms with Crippen LogP contribution in [0.2, 0.25) is 0 Å². The molecule has 0 spiro atoms. The molecule has 0 aromatic carbocycles. The normalized spacial score (nSPS) is 13.5. The van der Waals surface area contributed by atoms with Gasteiger partial charge in [-0.25, -0.2) is 0 Å². The minimum absolute atomic E-state index is 1.13. The summed E-state index contributed by atoms with van der Waals surface area (Å²) in [7, 11) is 0. The van der Waals surface area contributed by atoms with Gasteiger partial charge in [0, 0.05) is 0 Å². The number of hydrogen-bond donors (Lipinski definition) is 0. The lowest BCUT2D eigenvalue weighted by Gasteiger charge is -2.00. The number of rotatable bonds is 6. The van der Waals surface area contributed by atoms with Crippen molar-refractivity contribution in [3.8, 4) is 0 Å². The third-order valence-corrected chi connectivity index (χ3v) is 2.61. The van der Waals surface area contributed by atoms with Crippen molar-refractivity contribution in [2.24, 2.45) is 0 Å². The predicted molar refractivity (Wildman–Crippen MR) is 65.2 cm³/mol. The summed E-state index contributed by atoms with van der Waals surface area (Å²) < 4.78 is 1.34. The second-order valence-electron chi connectivity index (χ2n) is 3.24. The average Bonchev–Trinajstić information content (AvgIpc) is 2.14. The van der Waals surface area contributed by atoms with Gasteiger partial charge in [-0.05, 0) is 36.2 Å². The van der Waals surface area contributed by atoms with Crippen LogP contribution in [0.4, 0.5) is 0 Å². The van der Waals surface area contributed by atoms with Crippen LogP contribution in [-0.2, 0) is 0 Å². The van der Waals surface area contributed by atoms with Gasteiger partial charge < -0.3 is 0 Å². The van der Waals surface area contributed by atoms with Gasteiger partial charge >= 0.3 is 0 Å². The summed E-state index contributed by atoms with van der Waals surface area (Å²) in [6, 6.07) is 0. The Morgan fingerprint density at radius 3 is 2.38 bits per heavy atom. The lowest BCUT2D eigenvalue weighted by molar-refractivity contribution is 0.809. The molecule has 0 nitrogen and oxygen atoms in total. The van der Waals surface area contributed by atoms with Gasteiger partial charge in [-0.15, -0.1) is 0 Å². The maximum absolute atomic E-state index is 3.61. The Labute approximate surface area is 91.2 Å². The summed E-state index contributed by atoms with van der Waals surface area (Å²) in [6.07, 6.45) is 10.6. The highest BCUT2D eigenvalue weighted by molar-refractivity contribution is 9.11. The molecule has 0 fully saturated rings. The molecule has 0 rings (SSSR count). The van der Waals surface area contributed by atoms with Gasteiger partial charge in [-0.2, -0.15) is 0 Å². The molecule has 0 atom stereocenters. The third-order valence-electron chi connectivity index (χ3n) is 1.99. The molecule has 1 heteroatoms. The number of hydrogen-bond acceptors (Lipinski definition) is 0. The van der Waals surface area contributed by atoms with Crippen LogP contribution < -0.4 is 0 Å². The summed E-state index contributed by atoms with van der Waals surface area (Å²) >= 11 is 3.61. The average molecular weight is 245 g/mol. The van der Waals surface area contributed by atoms with E-state index < -0.39 is 0 Å². The Hall–Kier alpha value is -0.0400. The fourth-order valence-electron chi connectivity index (χ4n) is 1.19. The molecule has 0 N–H and O–H groups in total. The third kappa shape index (κ3) is 7.06. The highest BCUT2D eigenvalue weighted by atomic mass is 79.9. The van der Waals surface area contributed by atoms with Gasteiger partial charge in [0.25, 0.3) is 0 Å². The molecule has 76 valence electrons. The maximum atomic E-state index is 3.61. The largest absolute Gasteiger partial charge is 0.0816 e. The van der Waals surface area contributed by atoms with Crippen LogP contribution in [0.15, 0.2) is 22.2 Å². The first-order valence-electron chi connectivity index (χ1n) is 5.29.